The number of carbonyl (C=O) groups excluding carboxylic acids is 1. The first-order valence-corrected chi connectivity index (χ1v) is 5.40. The van der Waals surface area contributed by atoms with Gasteiger partial charge >= 0.3 is 5.97 Å². The maximum atomic E-state index is 10.5. The molecule has 0 aliphatic heterocycles. The molecule has 0 heterocycles. The van der Waals surface area contributed by atoms with E-state index in [1.807, 2.05) is 26.8 Å². The van der Waals surface area contributed by atoms with Gasteiger partial charge in [-0.1, -0.05) is 19.4 Å². The summed E-state index contributed by atoms with van der Waals surface area (Å²) in [4.78, 5) is 10.5. The predicted octanol–water partition coefficient (Wildman–Crippen LogP) is 2.29. The summed E-state index contributed by atoms with van der Waals surface area (Å²) < 4.78 is 4.79. The van der Waals surface area contributed by atoms with Crippen molar-refractivity contribution in [2.45, 2.75) is 46.6 Å². The molecule has 0 rings (SSSR count). The first kappa shape index (κ1) is 14.2. The Bertz CT molecular complexity index is 219. The average molecular weight is 214 g/mol. The Labute approximate surface area is 92.1 Å². The molecule has 0 amide bonds. The average Bonchev–Trinajstić information content (AvgIpc) is 2.13. The highest BCUT2D eigenvalue weighted by atomic mass is 16.5. The minimum atomic E-state index is -0.263. The molecule has 3 heteroatoms. The van der Waals surface area contributed by atoms with Crippen molar-refractivity contribution < 1.29 is 14.6 Å². The van der Waals surface area contributed by atoms with Gasteiger partial charge in [-0.15, -0.1) is 0 Å². The van der Waals surface area contributed by atoms with Gasteiger partial charge in [0.25, 0.3) is 0 Å². The van der Waals surface area contributed by atoms with E-state index >= 15 is 0 Å². The lowest BCUT2D eigenvalue weighted by Gasteiger charge is -2.14. The molecule has 0 bridgehead atoms. The van der Waals surface area contributed by atoms with Gasteiger partial charge < -0.3 is 9.84 Å². The molecule has 0 aromatic carbocycles. The molecular weight excluding hydrogens is 192 g/mol. The zero-order chi connectivity index (χ0) is 11.8. The Kier molecular flexibility index (Phi) is 7.05. The molecule has 0 aliphatic carbocycles. The molecular formula is C12H22O3. The van der Waals surface area contributed by atoms with Crippen molar-refractivity contribution in [3.8, 4) is 0 Å². The first-order chi connectivity index (χ1) is 6.93. The van der Waals surface area contributed by atoms with E-state index in [4.69, 9.17) is 4.74 Å². The van der Waals surface area contributed by atoms with E-state index in [0.717, 1.165) is 18.4 Å². The molecule has 0 saturated carbocycles. The van der Waals surface area contributed by atoms with Crippen LogP contribution >= 0.6 is 0 Å². The normalized spacial score (nSPS) is 14.1. The van der Waals surface area contributed by atoms with E-state index in [2.05, 4.69) is 0 Å². The van der Waals surface area contributed by atoms with Gasteiger partial charge in [-0.3, -0.25) is 4.79 Å². The summed E-state index contributed by atoms with van der Waals surface area (Å²) in [5, 5.41) is 9.58. The van der Waals surface area contributed by atoms with Gasteiger partial charge in [0, 0.05) is 6.92 Å². The molecule has 1 atom stereocenters. The second-order valence-electron chi connectivity index (χ2n) is 4.20. The van der Waals surface area contributed by atoms with Crippen LogP contribution in [0.2, 0.25) is 0 Å². The summed E-state index contributed by atoms with van der Waals surface area (Å²) in [6.07, 6.45) is 3.25. The van der Waals surface area contributed by atoms with E-state index in [9.17, 15) is 9.90 Å². The summed E-state index contributed by atoms with van der Waals surface area (Å²) in [6.45, 7) is 7.71. The number of aliphatic hydroxyl groups is 1. The van der Waals surface area contributed by atoms with Gasteiger partial charge in [0.2, 0.25) is 0 Å². The van der Waals surface area contributed by atoms with E-state index in [1.54, 1.807) is 0 Å². The van der Waals surface area contributed by atoms with Crippen LogP contribution in [0.15, 0.2) is 11.6 Å². The fourth-order valence-corrected chi connectivity index (χ4v) is 1.11. The van der Waals surface area contributed by atoms with Crippen molar-refractivity contribution in [3.63, 3.8) is 0 Å². The number of esters is 1. The molecule has 15 heavy (non-hydrogen) atoms. The topological polar surface area (TPSA) is 46.5 Å². The first-order valence-electron chi connectivity index (χ1n) is 5.40. The maximum Gasteiger partial charge on any atom is 0.302 e. The lowest BCUT2D eigenvalue weighted by atomic mass is 10.00. The van der Waals surface area contributed by atoms with Crippen LogP contribution in [0.1, 0.15) is 40.5 Å². The molecule has 0 saturated heterocycles. The van der Waals surface area contributed by atoms with Crippen molar-refractivity contribution >= 4 is 5.97 Å². The third-order valence-electron chi connectivity index (χ3n) is 2.32. The van der Waals surface area contributed by atoms with Crippen LogP contribution in [-0.4, -0.2) is 23.8 Å². The standard InChI is InChI=1S/C12H22O3/c1-9(2)12(14)6-5-10(3)7-8-15-11(4)13/h7,9,12,14H,5-6,8H2,1-4H3/b10-7+. The van der Waals surface area contributed by atoms with E-state index in [-0.39, 0.29) is 12.1 Å². The van der Waals surface area contributed by atoms with Crippen molar-refractivity contribution in [1.82, 2.24) is 0 Å². The summed E-state index contributed by atoms with van der Waals surface area (Å²) in [5.41, 5.74) is 1.15. The van der Waals surface area contributed by atoms with Gasteiger partial charge in [-0.25, -0.2) is 0 Å². The molecule has 88 valence electrons. The smallest absolute Gasteiger partial charge is 0.302 e. The quantitative estimate of drug-likeness (QED) is 0.545. The van der Waals surface area contributed by atoms with Crippen molar-refractivity contribution in [2.24, 2.45) is 5.92 Å². The number of hydrogen-bond acceptors (Lipinski definition) is 3. The van der Waals surface area contributed by atoms with Crippen molar-refractivity contribution in [1.29, 1.82) is 0 Å². The van der Waals surface area contributed by atoms with Crippen molar-refractivity contribution in [3.05, 3.63) is 11.6 Å². The van der Waals surface area contributed by atoms with Crippen LogP contribution in [0.25, 0.3) is 0 Å². The molecule has 3 nitrogen and oxygen atoms in total. The van der Waals surface area contributed by atoms with Crippen molar-refractivity contribution in [2.75, 3.05) is 6.61 Å². The van der Waals surface area contributed by atoms with Crippen LogP contribution < -0.4 is 0 Å². The largest absolute Gasteiger partial charge is 0.462 e. The number of rotatable bonds is 6. The second kappa shape index (κ2) is 7.46. The maximum absolute atomic E-state index is 10.5. The van der Waals surface area contributed by atoms with Crippen LogP contribution in [0.3, 0.4) is 0 Å². The fraction of sp³-hybridized carbons (Fsp3) is 0.750. The number of ether oxygens (including phenoxy) is 1. The minimum absolute atomic E-state index is 0.248. The second-order valence-corrected chi connectivity index (χ2v) is 4.20. The molecule has 0 radical (unpaired) electrons. The van der Waals surface area contributed by atoms with Gasteiger partial charge in [0.15, 0.2) is 0 Å². The van der Waals surface area contributed by atoms with Gasteiger partial charge in [0.1, 0.15) is 6.61 Å². The van der Waals surface area contributed by atoms with Crippen LogP contribution in [0.5, 0.6) is 0 Å². The Morgan fingerprint density at radius 3 is 2.47 bits per heavy atom. The molecule has 0 spiro atoms. The molecule has 1 unspecified atom stereocenters. The summed E-state index contributed by atoms with van der Waals surface area (Å²) in [7, 11) is 0. The van der Waals surface area contributed by atoms with Crippen LogP contribution in [0, 0.1) is 5.92 Å². The molecule has 0 fully saturated rings. The zero-order valence-electron chi connectivity index (χ0n) is 10.1. The summed E-state index contributed by atoms with van der Waals surface area (Å²) in [6, 6.07) is 0. The lowest BCUT2D eigenvalue weighted by molar-refractivity contribution is -0.139. The van der Waals surface area contributed by atoms with Gasteiger partial charge in [0.05, 0.1) is 6.10 Å². The highest BCUT2D eigenvalue weighted by molar-refractivity contribution is 5.66. The summed E-state index contributed by atoms with van der Waals surface area (Å²) in [5.74, 6) is 0.0348. The highest BCUT2D eigenvalue weighted by Crippen LogP contribution is 2.12. The third kappa shape index (κ3) is 8.18. The third-order valence-corrected chi connectivity index (χ3v) is 2.32. The fourth-order valence-electron chi connectivity index (χ4n) is 1.11. The monoisotopic (exact) mass is 214 g/mol. The highest BCUT2D eigenvalue weighted by Gasteiger charge is 2.08. The Morgan fingerprint density at radius 1 is 1.40 bits per heavy atom. The lowest BCUT2D eigenvalue weighted by Crippen LogP contribution is -2.14. The number of allylic oxidation sites excluding steroid dienone is 1. The predicted molar refractivity (Wildman–Crippen MR) is 60.5 cm³/mol. The molecule has 0 aromatic rings. The van der Waals surface area contributed by atoms with E-state index in [1.165, 1.54) is 6.92 Å². The Hall–Kier alpha value is -0.830. The molecule has 0 aromatic heterocycles. The van der Waals surface area contributed by atoms with E-state index in [0.29, 0.717) is 12.5 Å². The SMILES string of the molecule is CC(=O)OC/C=C(\C)CCC(O)C(C)C. The van der Waals surface area contributed by atoms with Gasteiger partial charge in [-0.2, -0.15) is 0 Å². The molecule has 0 aliphatic rings. The van der Waals surface area contributed by atoms with Crippen LogP contribution in [-0.2, 0) is 9.53 Å². The van der Waals surface area contributed by atoms with Gasteiger partial charge in [-0.05, 0) is 31.8 Å². The molecule has 1 N–H and O–H groups in total. The number of carbonyl (C=O) groups is 1. The Balaban J connectivity index is 3.72. The summed E-state index contributed by atoms with van der Waals surface area (Å²) >= 11 is 0. The number of aliphatic hydroxyl groups excluding tert-OH is 1. The van der Waals surface area contributed by atoms with E-state index < -0.39 is 0 Å². The number of hydrogen-bond donors (Lipinski definition) is 1. The minimum Gasteiger partial charge on any atom is -0.462 e. The zero-order valence-corrected chi connectivity index (χ0v) is 10.1. The Morgan fingerprint density at radius 2 is 2.00 bits per heavy atom. The van der Waals surface area contributed by atoms with Crippen LogP contribution in [0.4, 0.5) is 0 Å².